The van der Waals surface area contributed by atoms with E-state index in [1.54, 1.807) is 0 Å². The highest BCUT2D eigenvalue weighted by Crippen LogP contribution is 2.26. The second-order valence-electron chi connectivity index (χ2n) is 7.42. The topological polar surface area (TPSA) is 57.5 Å². The Kier molecular flexibility index (Phi) is 10.5. The molecule has 0 spiro atoms. The molecule has 0 amide bonds. The molecule has 1 heterocycles. The standard InChI is InChI=1S/C19H36N6.HI/c1-6-15-8-10-17(11-9-15)23-19(20-7-2)21-13-18(24(3)4)16-12-22-25(5)14-16;/h12,14-15,17-18H,6-11,13H2,1-5H3,(H2,20,21,23);1H. The molecule has 26 heavy (non-hydrogen) atoms. The van der Waals surface area contributed by atoms with Crippen molar-refractivity contribution in [2.45, 2.75) is 58.0 Å². The number of guanidine groups is 1. The number of nitrogens with zero attached hydrogens (tertiary/aromatic N) is 4. The van der Waals surface area contributed by atoms with Gasteiger partial charge in [0.25, 0.3) is 0 Å². The van der Waals surface area contributed by atoms with E-state index in [4.69, 9.17) is 4.99 Å². The first kappa shape index (κ1) is 23.2. The summed E-state index contributed by atoms with van der Waals surface area (Å²) in [5.41, 5.74) is 1.20. The van der Waals surface area contributed by atoms with Crippen LogP contribution in [-0.4, -0.2) is 53.9 Å². The van der Waals surface area contributed by atoms with Crippen LogP contribution in [0.1, 0.15) is 57.6 Å². The summed E-state index contributed by atoms with van der Waals surface area (Å²) in [6.45, 7) is 6.04. The van der Waals surface area contributed by atoms with Gasteiger partial charge in [-0.1, -0.05) is 13.3 Å². The molecule has 0 aliphatic heterocycles. The quantitative estimate of drug-likeness (QED) is 0.361. The second-order valence-corrected chi connectivity index (χ2v) is 7.42. The van der Waals surface area contributed by atoms with Gasteiger partial charge in [-0.3, -0.25) is 9.67 Å². The minimum atomic E-state index is 0. The van der Waals surface area contributed by atoms with E-state index in [0.29, 0.717) is 6.04 Å². The second kappa shape index (κ2) is 11.8. The molecule has 0 aromatic carbocycles. The first-order valence-corrected chi connectivity index (χ1v) is 9.73. The number of aromatic nitrogens is 2. The number of aryl methyl sites for hydroxylation is 1. The minimum absolute atomic E-state index is 0. The Hall–Kier alpha value is -0.830. The molecule has 0 radical (unpaired) electrons. The fourth-order valence-electron chi connectivity index (χ4n) is 3.59. The molecule has 1 aliphatic carbocycles. The first-order valence-electron chi connectivity index (χ1n) is 9.73. The zero-order valence-electron chi connectivity index (χ0n) is 17.0. The highest BCUT2D eigenvalue weighted by Gasteiger charge is 2.21. The number of rotatable bonds is 7. The van der Waals surface area contributed by atoms with Crippen molar-refractivity contribution in [3.63, 3.8) is 0 Å². The van der Waals surface area contributed by atoms with E-state index in [-0.39, 0.29) is 30.0 Å². The Morgan fingerprint density at radius 3 is 2.50 bits per heavy atom. The third kappa shape index (κ3) is 7.06. The van der Waals surface area contributed by atoms with Gasteiger partial charge in [0.1, 0.15) is 0 Å². The van der Waals surface area contributed by atoms with E-state index in [0.717, 1.165) is 25.0 Å². The average molecular weight is 476 g/mol. The molecular formula is C19H37IN6. The van der Waals surface area contributed by atoms with Crippen molar-refractivity contribution in [1.82, 2.24) is 25.3 Å². The normalized spacial score (nSPS) is 22.0. The van der Waals surface area contributed by atoms with Crippen LogP contribution in [0.5, 0.6) is 0 Å². The predicted molar refractivity (Wildman–Crippen MR) is 120 cm³/mol. The molecular weight excluding hydrogens is 439 g/mol. The number of likely N-dealkylation sites (N-methyl/N-ethyl adjacent to an activating group) is 1. The zero-order valence-corrected chi connectivity index (χ0v) is 19.4. The lowest BCUT2D eigenvalue weighted by molar-refractivity contribution is 0.300. The molecule has 1 fully saturated rings. The lowest BCUT2D eigenvalue weighted by Crippen LogP contribution is -2.45. The Morgan fingerprint density at radius 1 is 1.31 bits per heavy atom. The van der Waals surface area contributed by atoms with Crippen molar-refractivity contribution >= 4 is 29.9 Å². The molecule has 2 N–H and O–H groups in total. The van der Waals surface area contributed by atoms with Gasteiger partial charge < -0.3 is 15.5 Å². The van der Waals surface area contributed by atoms with Gasteiger partial charge in [0.05, 0.1) is 18.8 Å². The number of nitrogens with one attached hydrogen (secondary N) is 2. The maximum absolute atomic E-state index is 4.87. The number of halogens is 1. The largest absolute Gasteiger partial charge is 0.357 e. The lowest BCUT2D eigenvalue weighted by atomic mass is 9.84. The van der Waals surface area contributed by atoms with Gasteiger partial charge in [-0.15, -0.1) is 24.0 Å². The molecule has 1 aromatic heterocycles. The lowest BCUT2D eigenvalue weighted by Gasteiger charge is -2.30. The van der Waals surface area contributed by atoms with E-state index in [2.05, 4.69) is 54.8 Å². The monoisotopic (exact) mass is 476 g/mol. The first-order chi connectivity index (χ1) is 12.0. The van der Waals surface area contributed by atoms with Crippen LogP contribution < -0.4 is 10.6 Å². The summed E-state index contributed by atoms with van der Waals surface area (Å²) in [5.74, 6) is 1.86. The summed E-state index contributed by atoms with van der Waals surface area (Å²) < 4.78 is 1.85. The third-order valence-corrected chi connectivity index (χ3v) is 5.26. The summed E-state index contributed by atoms with van der Waals surface area (Å²) in [6.07, 6.45) is 10.5. The number of hydrogen-bond donors (Lipinski definition) is 2. The van der Waals surface area contributed by atoms with Crippen molar-refractivity contribution in [3.05, 3.63) is 18.0 Å². The highest BCUT2D eigenvalue weighted by molar-refractivity contribution is 14.0. The Bertz CT molecular complexity index is 534. The molecule has 6 nitrogen and oxygen atoms in total. The molecule has 2 rings (SSSR count). The van der Waals surface area contributed by atoms with Gasteiger partial charge in [0.15, 0.2) is 5.96 Å². The van der Waals surface area contributed by atoms with E-state index >= 15 is 0 Å². The highest BCUT2D eigenvalue weighted by atomic mass is 127. The maximum atomic E-state index is 4.87. The Balaban J connectivity index is 0.00000338. The Morgan fingerprint density at radius 2 is 2.00 bits per heavy atom. The summed E-state index contributed by atoms with van der Waals surface area (Å²) in [7, 11) is 6.15. The minimum Gasteiger partial charge on any atom is -0.357 e. The van der Waals surface area contributed by atoms with Crippen LogP contribution >= 0.6 is 24.0 Å². The summed E-state index contributed by atoms with van der Waals surface area (Å²) in [6, 6.07) is 0.789. The number of aliphatic imine (C=N–C) groups is 1. The average Bonchev–Trinajstić information content (AvgIpc) is 3.01. The van der Waals surface area contributed by atoms with Crippen molar-refractivity contribution in [1.29, 1.82) is 0 Å². The molecule has 7 heteroatoms. The SMILES string of the molecule is CCNC(=NCC(c1cnn(C)c1)N(C)C)NC1CCC(CC)CC1.I. The van der Waals surface area contributed by atoms with Crippen LogP contribution in [0, 0.1) is 5.92 Å². The molecule has 150 valence electrons. The van der Waals surface area contributed by atoms with Crippen molar-refractivity contribution in [2.75, 3.05) is 27.2 Å². The smallest absolute Gasteiger partial charge is 0.191 e. The van der Waals surface area contributed by atoms with Crippen molar-refractivity contribution in [3.8, 4) is 0 Å². The summed E-state index contributed by atoms with van der Waals surface area (Å²) in [5, 5.41) is 11.4. The zero-order chi connectivity index (χ0) is 18.2. The third-order valence-electron chi connectivity index (χ3n) is 5.26. The fourth-order valence-corrected chi connectivity index (χ4v) is 3.59. The fraction of sp³-hybridized carbons (Fsp3) is 0.789. The van der Waals surface area contributed by atoms with Gasteiger partial charge in [0.2, 0.25) is 0 Å². The molecule has 0 saturated heterocycles. The van der Waals surface area contributed by atoms with Crippen LogP contribution in [0.2, 0.25) is 0 Å². The van der Waals surface area contributed by atoms with E-state index in [9.17, 15) is 0 Å². The van der Waals surface area contributed by atoms with Crippen LogP contribution in [0.3, 0.4) is 0 Å². The van der Waals surface area contributed by atoms with Gasteiger partial charge in [0, 0.05) is 31.4 Å². The summed E-state index contributed by atoms with van der Waals surface area (Å²) in [4.78, 5) is 7.07. The van der Waals surface area contributed by atoms with Crippen LogP contribution in [0.15, 0.2) is 17.4 Å². The van der Waals surface area contributed by atoms with Gasteiger partial charge >= 0.3 is 0 Å². The van der Waals surface area contributed by atoms with Gasteiger partial charge in [-0.05, 0) is 52.6 Å². The van der Waals surface area contributed by atoms with Gasteiger partial charge in [-0.25, -0.2) is 0 Å². The van der Waals surface area contributed by atoms with Crippen LogP contribution in [0.25, 0.3) is 0 Å². The van der Waals surface area contributed by atoms with E-state index in [1.807, 2.05) is 17.9 Å². The van der Waals surface area contributed by atoms with Crippen molar-refractivity contribution in [2.24, 2.45) is 18.0 Å². The van der Waals surface area contributed by atoms with E-state index in [1.165, 1.54) is 37.7 Å². The van der Waals surface area contributed by atoms with Crippen LogP contribution in [-0.2, 0) is 7.05 Å². The Labute approximate surface area is 176 Å². The molecule has 1 saturated carbocycles. The van der Waals surface area contributed by atoms with Crippen LogP contribution in [0.4, 0.5) is 0 Å². The molecule has 1 atom stereocenters. The van der Waals surface area contributed by atoms with E-state index < -0.39 is 0 Å². The summed E-state index contributed by atoms with van der Waals surface area (Å²) >= 11 is 0. The molecule has 1 aliphatic rings. The molecule has 1 unspecified atom stereocenters. The predicted octanol–water partition coefficient (Wildman–Crippen LogP) is 3.16. The molecule has 0 bridgehead atoms. The maximum Gasteiger partial charge on any atom is 0.191 e. The number of hydrogen-bond acceptors (Lipinski definition) is 3. The van der Waals surface area contributed by atoms with Gasteiger partial charge in [-0.2, -0.15) is 5.10 Å². The molecule has 1 aromatic rings. The van der Waals surface area contributed by atoms with Crippen molar-refractivity contribution < 1.29 is 0 Å².